The minimum Gasteiger partial charge on any atom is -0.394 e. The summed E-state index contributed by atoms with van der Waals surface area (Å²) in [5.74, 6) is 1.07. The van der Waals surface area contributed by atoms with E-state index in [0.717, 1.165) is 48.0 Å². The summed E-state index contributed by atoms with van der Waals surface area (Å²) in [5.41, 5.74) is 1.02. The highest BCUT2D eigenvalue weighted by Crippen LogP contribution is 2.25. The van der Waals surface area contributed by atoms with E-state index in [0.29, 0.717) is 0 Å². The van der Waals surface area contributed by atoms with E-state index < -0.39 is 0 Å². The Kier molecular flexibility index (Phi) is 7.99. The summed E-state index contributed by atoms with van der Waals surface area (Å²) < 4.78 is 1.16. The Hall–Kier alpha value is -0.100. The van der Waals surface area contributed by atoms with Crippen LogP contribution in [0.2, 0.25) is 0 Å². The average molecular weight is 303 g/mol. The van der Waals surface area contributed by atoms with Crippen LogP contribution >= 0.6 is 23.1 Å². The lowest BCUT2D eigenvalue weighted by atomic mass is 9.91. The summed E-state index contributed by atoms with van der Waals surface area (Å²) in [5, 5.41) is 15.2. The molecule has 0 saturated heterocycles. The summed E-state index contributed by atoms with van der Waals surface area (Å²) in [6.45, 7) is 7.54. The van der Waals surface area contributed by atoms with E-state index in [9.17, 15) is 5.11 Å². The lowest BCUT2D eigenvalue weighted by molar-refractivity contribution is 0.146. The molecule has 0 amide bonds. The Balaban J connectivity index is 2.31. The van der Waals surface area contributed by atoms with E-state index in [-0.39, 0.29) is 12.1 Å². The van der Waals surface area contributed by atoms with E-state index in [2.05, 4.69) is 29.5 Å². The Morgan fingerprint density at radius 2 is 2.26 bits per heavy atom. The molecule has 3 nitrogen and oxygen atoms in total. The molecule has 1 aromatic rings. The number of aromatic nitrogens is 1. The second-order valence-electron chi connectivity index (χ2n) is 4.93. The maximum absolute atomic E-state index is 9.64. The molecule has 1 heterocycles. The molecule has 2 N–H and O–H groups in total. The molecule has 1 atom stereocenters. The zero-order valence-electron chi connectivity index (χ0n) is 12.2. The van der Waals surface area contributed by atoms with Crippen LogP contribution in [0.4, 0.5) is 0 Å². The zero-order valence-corrected chi connectivity index (χ0v) is 13.9. The summed E-state index contributed by atoms with van der Waals surface area (Å²) in [4.78, 5) is 4.45. The number of thiazole rings is 1. The van der Waals surface area contributed by atoms with Crippen molar-refractivity contribution in [2.45, 2.75) is 56.3 Å². The van der Waals surface area contributed by atoms with Crippen LogP contribution in [-0.4, -0.2) is 34.5 Å². The van der Waals surface area contributed by atoms with Gasteiger partial charge in [0.05, 0.1) is 6.61 Å². The Labute approximate surface area is 125 Å². The molecule has 0 aliphatic carbocycles. The van der Waals surface area contributed by atoms with Gasteiger partial charge in [-0.05, 0) is 39.2 Å². The number of thioether (sulfide) groups is 1. The maximum Gasteiger partial charge on any atom is 0.150 e. The molecule has 0 aromatic carbocycles. The Bertz CT molecular complexity index is 351. The lowest BCUT2D eigenvalue weighted by Crippen LogP contribution is -2.48. The zero-order chi connectivity index (χ0) is 14.1. The van der Waals surface area contributed by atoms with Gasteiger partial charge in [0.15, 0.2) is 0 Å². The SMILES string of the molecule is CCCNC(CC)(CO)CCCSc1nc(C)cs1. The molecule has 5 heteroatoms. The van der Waals surface area contributed by atoms with Crippen LogP contribution in [0.3, 0.4) is 0 Å². The molecular weight excluding hydrogens is 276 g/mol. The summed E-state index contributed by atoms with van der Waals surface area (Å²) in [6, 6.07) is 0. The Morgan fingerprint density at radius 3 is 2.79 bits per heavy atom. The third-order valence-electron chi connectivity index (χ3n) is 3.35. The van der Waals surface area contributed by atoms with Gasteiger partial charge in [0, 0.05) is 22.4 Å². The smallest absolute Gasteiger partial charge is 0.150 e. The first-order valence-electron chi connectivity index (χ1n) is 7.06. The number of aryl methyl sites for hydroxylation is 1. The monoisotopic (exact) mass is 302 g/mol. The molecule has 19 heavy (non-hydrogen) atoms. The fourth-order valence-electron chi connectivity index (χ4n) is 2.00. The molecule has 1 rings (SSSR count). The third kappa shape index (κ3) is 5.81. The first kappa shape index (κ1) is 17.0. The van der Waals surface area contributed by atoms with Gasteiger partial charge in [-0.15, -0.1) is 11.3 Å². The predicted octanol–water partition coefficient (Wildman–Crippen LogP) is 3.46. The van der Waals surface area contributed by atoms with Gasteiger partial charge < -0.3 is 10.4 Å². The van der Waals surface area contributed by atoms with Gasteiger partial charge in [-0.25, -0.2) is 4.98 Å². The van der Waals surface area contributed by atoms with Gasteiger partial charge in [-0.1, -0.05) is 25.6 Å². The molecular formula is C14H26N2OS2. The quantitative estimate of drug-likeness (QED) is 0.513. The molecule has 110 valence electrons. The first-order chi connectivity index (χ1) is 9.15. The van der Waals surface area contributed by atoms with Crippen molar-refractivity contribution < 1.29 is 5.11 Å². The predicted molar refractivity (Wildman–Crippen MR) is 85.2 cm³/mol. The highest BCUT2D eigenvalue weighted by atomic mass is 32.2. The number of nitrogens with zero attached hydrogens (tertiary/aromatic N) is 1. The van der Waals surface area contributed by atoms with Crippen molar-refractivity contribution in [1.82, 2.24) is 10.3 Å². The largest absolute Gasteiger partial charge is 0.394 e. The second kappa shape index (κ2) is 8.95. The summed E-state index contributed by atoms with van der Waals surface area (Å²) >= 11 is 3.54. The maximum atomic E-state index is 9.64. The van der Waals surface area contributed by atoms with E-state index in [4.69, 9.17) is 0 Å². The van der Waals surface area contributed by atoms with Crippen molar-refractivity contribution in [1.29, 1.82) is 0 Å². The standard InChI is InChI=1S/C14H26N2OS2/c1-4-8-15-14(5-2,11-17)7-6-9-18-13-16-12(3)10-19-13/h10,15,17H,4-9,11H2,1-3H3. The summed E-state index contributed by atoms with van der Waals surface area (Å²) in [7, 11) is 0. The highest BCUT2D eigenvalue weighted by molar-refractivity contribution is 8.00. The summed E-state index contributed by atoms with van der Waals surface area (Å²) in [6.07, 6.45) is 4.21. The van der Waals surface area contributed by atoms with Crippen LogP contribution in [0.15, 0.2) is 9.72 Å². The van der Waals surface area contributed by atoms with Crippen LogP contribution in [0.1, 0.15) is 45.2 Å². The number of hydrogen-bond acceptors (Lipinski definition) is 5. The molecule has 0 spiro atoms. The fraction of sp³-hybridized carbons (Fsp3) is 0.786. The first-order valence-corrected chi connectivity index (χ1v) is 8.93. The molecule has 0 aliphatic rings. The number of aliphatic hydroxyl groups excluding tert-OH is 1. The van der Waals surface area contributed by atoms with E-state index in [1.165, 1.54) is 0 Å². The van der Waals surface area contributed by atoms with Gasteiger partial charge in [0.2, 0.25) is 0 Å². The Morgan fingerprint density at radius 1 is 1.47 bits per heavy atom. The second-order valence-corrected chi connectivity index (χ2v) is 7.13. The van der Waals surface area contributed by atoms with Crippen molar-refractivity contribution in [3.63, 3.8) is 0 Å². The number of rotatable bonds is 10. The van der Waals surface area contributed by atoms with Gasteiger partial charge >= 0.3 is 0 Å². The van der Waals surface area contributed by atoms with Crippen molar-refractivity contribution in [3.05, 3.63) is 11.1 Å². The van der Waals surface area contributed by atoms with Crippen LogP contribution in [0, 0.1) is 6.92 Å². The van der Waals surface area contributed by atoms with Crippen molar-refractivity contribution >= 4 is 23.1 Å². The lowest BCUT2D eigenvalue weighted by Gasteiger charge is -2.32. The number of nitrogens with one attached hydrogen (secondary N) is 1. The van der Waals surface area contributed by atoms with Crippen LogP contribution in [-0.2, 0) is 0 Å². The van der Waals surface area contributed by atoms with Crippen molar-refractivity contribution in [2.75, 3.05) is 18.9 Å². The van der Waals surface area contributed by atoms with Crippen LogP contribution in [0.5, 0.6) is 0 Å². The number of hydrogen-bond donors (Lipinski definition) is 2. The van der Waals surface area contributed by atoms with E-state index >= 15 is 0 Å². The minimum atomic E-state index is -0.0879. The third-order valence-corrected chi connectivity index (χ3v) is 5.58. The van der Waals surface area contributed by atoms with Crippen LogP contribution < -0.4 is 5.32 Å². The normalized spacial score (nSPS) is 14.5. The average Bonchev–Trinajstić information content (AvgIpc) is 2.84. The van der Waals surface area contributed by atoms with E-state index in [1.54, 1.807) is 11.3 Å². The minimum absolute atomic E-state index is 0.0879. The van der Waals surface area contributed by atoms with Gasteiger partial charge in [0.1, 0.15) is 4.34 Å². The van der Waals surface area contributed by atoms with Crippen molar-refractivity contribution in [2.24, 2.45) is 0 Å². The topological polar surface area (TPSA) is 45.1 Å². The van der Waals surface area contributed by atoms with Gasteiger partial charge in [0.25, 0.3) is 0 Å². The molecule has 0 fully saturated rings. The van der Waals surface area contributed by atoms with Crippen LogP contribution in [0.25, 0.3) is 0 Å². The molecule has 0 saturated carbocycles. The fourth-order valence-corrected chi connectivity index (χ4v) is 3.85. The number of aliphatic hydroxyl groups is 1. The van der Waals surface area contributed by atoms with E-state index in [1.807, 2.05) is 18.7 Å². The highest BCUT2D eigenvalue weighted by Gasteiger charge is 2.25. The molecule has 0 radical (unpaired) electrons. The molecule has 1 unspecified atom stereocenters. The molecule has 1 aromatic heterocycles. The van der Waals surface area contributed by atoms with Gasteiger partial charge in [-0.3, -0.25) is 0 Å². The molecule has 0 bridgehead atoms. The molecule has 0 aliphatic heterocycles. The van der Waals surface area contributed by atoms with Crippen molar-refractivity contribution in [3.8, 4) is 0 Å². The van der Waals surface area contributed by atoms with Gasteiger partial charge in [-0.2, -0.15) is 0 Å².